The van der Waals surface area contributed by atoms with E-state index in [0.717, 1.165) is 18.8 Å². The Bertz CT molecular complexity index is 331. The first-order chi connectivity index (χ1) is 9.17. The second kappa shape index (κ2) is 8.94. The lowest BCUT2D eigenvalue weighted by atomic mass is 10.1. The maximum Gasteiger partial charge on any atom is 0.119 e. The molecule has 3 nitrogen and oxygen atoms in total. The standard InChI is InChI=1S/C16H27NO2/c1-5-16(17-4)14-6-8-15(9-7-14)19-11-10-18-12-13(2)3/h6-9,13,16-17H,5,10-12H2,1-4H3. The van der Waals surface area contributed by atoms with Gasteiger partial charge in [0.05, 0.1) is 6.61 Å². The predicted octanol–water partition coefficient (Wildman–Crippen LogP) is 3.41. The van der Waals surface area contributed by atoms with Crippen molar-refractivity contribution in [3.05, 3.63) is 29.8 Å². The largest absolute Gasteiger partial charge is 0.491 e. The first-order valence-electron chi connectivity index (χ1n) is 7.15. The summed E-state index contributed by atoms with van der Waals surface area (Å²) in [7, 11) is 1.99. The molecule has 0 saturated carbocycles. The molecule has 1 unspecified atom stereocenters. The van der Waals surface area contributed by atoms with Crippen molar-refractivity contribution in [2.45, 2.75) is 33.2 Å². The van der Waals surface area contributed by atoms with Gasteiger partial charge in [-0.25, -0.2) is 0 Å². The highest BCUT2D eigenvalue weighted by Gasteiger charge is 2.05. The summed E-state index contributed by atoms with van der Waals surface area (Å²) in [5.41, 5.74) is 1.30. The van der Waals surface area contributed by atoms with E-state index in [2.05, 4.69) is 38.2 Å². The summed E-state index contributed by atoms with van der Waals surface area (Å²) in [5.74, 6) is 1.48. The number of hydrogen-bond donors (Lipinski definition) is 1. The lowest BCUT2D eigenvalue weighted by molar-refractivity contribution is 0.0819. The Kier molecular flexibility index (Phi) is 7.53. The van der Waals surface area contributed by atoms with Crippen molar-refractivity contribution < 1.29 is 9.47 Å². The maximum atomic E-state index is 5.64. The summed E-state index contributed by atoms with van der Waals surface area (Å²) in [6.07, 6.45) is 1.08. The fourth-order valence-corrected chi connectivity index (χ4v) is 1.94. The Labute approximate surface area is 117 Å². The Morgan fingerprint density at radius 3 is 2.32 bits per heavy atom. The Hall–Kier alpha value is -1.06. The number of nitrogens with one attached hydrogen (secondary N) is 1. The molecule has 1 rings (SSSR count). The third-order valence-electron chi connectivity index (χ3n) is 2.99. The molecule has 3 heteroatoms. The minimum atomic E-state index is 0.420. The van der Waals surface area contributed by atoms with Gasteiger partial charge in [-0.3, -0.25) is 0 Å². The predicted molar refractivity (Wildman–Crippen MR) is 79.7 cm³/mol. The number of hydrogen-bond acceptors (Lipinski definition) is 3. The second-order valence-electron chi connectivity index (χ2n) is 5.14. The van der Waals surface area contributed by atoms with E-state index in [0.29, 0.717) is 25.2 Å². The first-order valence-corrected chi connectivity index (χ1v) is 7.15. The van der Waals surface area contributed by atoms with Gasteiger partial charge in [-0.05, 0) is 37.1 Å². The van der Waals surface area contributed by atoms with Gasteiger partial charge in [0.25, 0.3) is 0 Å². The average Bonchev–Trinajstić information content (AvgIpc) is 2.41. The minimum absolute atomic E-state index is 0.420. The third kappa shape index (κ3) is 6.08. The Morgan fingerprint density at radius 1 is 1.11 bits per heavy atom. The lowest BCUT2D eigenvalue weighted by Crippen LogP contribution is -2.15. The van der Waals surface area contributed by atoms with Crippen LogP contribution in [-0.2, 0) is 4.74 Å². The number of benzene rings is 1. The molecule has 108 valence electrons. The highest BCUT2D eigenvalue weighted by Crippen LogP contribution is 2.19. The van der Waals surface area contributed by atoms with Crippen molar-refractivity contribution in [1.29, 1.82) is 0 Å². The molecule has 1 aromatic rings. The summed E-state index contributed by atoms with van der Waals surface area (Å²) in [6, 6.07) is 8.71. The van der Waals surface area contributed by atoms with Crippen LogP contribution in [-0.4, -0.2) is 26.9 Å². The molecule has 0 aliphatic carbocycles. The molecule has 1 atom stereocenters. The Balaban J connectivity index is 2.32. The van der Waals surface area contributed by atoms with Crippen molar-refractivity contribution in [2.24, 2.45) is 5.92 Å². The van der Waals surface area contributed by atoms with E-state index in [9.17, 15) is 0 Å². The molecule has 1 N–H and O–H groups in total. The van der Waals surface area contributed by atoms with E-state index in [4.69, 9.17) is 9.47 Å². The van der Waals surface area contributed by atoms with E-state index >= 15 is 0 Å². The molecule has 19 heavy (non-hydrogen) atoms. The van der Waals surface area contributed by atoms with Crippen LogP contribution < -0.4 is 10.1 Å². The first kappa shape index (κ1) is 16.0. The molecule has 0 saturated heterocycles. The summed E-state index contributed by atoms with van der Waals surface area (Å²) < 4.78 is 11.1. The summed E-state index contributed by atoms with van der Waals surface area (Å²) in [5, 5.41) is 3.30. The van der Waals surface area contributed by atoms with Crippen LogP contribution in [0.15, 0.2) is 24.3 Å². The van der Waals surface area contributed by atoms with Gasteiger partial charge >= 0.3 is 0 Å². The molecule has 0 radical (unpaired) electrons. The lowest BCUT2D eigenvalue weighted by Gasteiger charge is -2.15. The highest BCUT2D eigenvalue weighted by molar-refractivity contribution is 5.29. The zero-order valence-corrected chi connectivity index (χ0v) is 12.6. The van der Waals surface area contributed by atoms with Gasteiger partial charge in [-0.15, -0.1) is 0 Å². The number of ether oxygens (including phenoxy) is 2. The van der Waals surface area contributed by atoms with E-state index in [1.165, 1.54) is 5.56 Å². The van der Waals surface area contributed by atoms with Crippen LogP contribution in [0.5, 0.6) is 5.75 Å². The van der Waals surface area contributed by atoms with Crippen LogP contribution in [0.2, 0.25) is 0 Å². The zero-order valence-electron chi connectivity index (χ0n) is 12.6. The van der Waals surface area contributed by atoms with Gasteiger partial charge in [0.2, 0.25) is 0 Å². The summed E-state index contributed by atoms with van der Waals surface area (Å²) in [6.45, 7) is 8.51. The van der Waals surface area contributed by atoms with E-state index in [1.54, 1.807) is 0 Å². The van der Waals surface area contributed by atoms with Crippen LogP contribution >= 0.6 is 0 Å². The third-order valence-corrected chi connectivity index (χ3v) is 2.99. The minimum Gasteiger partial charge on any atom is -0.491 e. The summed E-state index contributed by atoms with van der Waals surface area (Å²) in [4.78, 5) is 0. The van der Waals surface area contributed by atoms with Crippen molar-refractivity contribution in [3.63, 3.8) is 0 Å². The van der Waals surface area contributed by atoms with Crippen LogP contribution in [0, 0.1) is 5.92 Å². The van der Waals surface area contributed by atoms with Gasteiger partial charge in [0.1, 0.15) is 12.4 Å². The molecule has 0 aliphatic heterocycles. The molecular weight excluding hydrogens is 238 g/mol. The molecule has 1 aromatic carbocycles. The molecule has 0 aliphatic rings. The van der Waals surface area contributed by atoms with E-state index < -0.39 is 0 Å². The van der Waals surface area contributed by atoms with Gasteiger partial charge in [-0.2, -0.15) is 0 Å². The van der Waals surface area contributed by atoms with E-state index in [-0.39, 0.29) is 0 Å². The van der Waals surface area contributed by atoms with Crippen LogP contribution in [0.4, 0.5) is 0 Å². The topological polar surface area (TPSA) is 30.5 Å². The molecule has 0 bridgehead atoms. The van der Waals surface area contributed by atoms with Crippen molar-refractivity contribution in [3.8, 4) is 5.75 Å². The SMILES string of the molecule is CCC(NC)c1ccc(OCCOCC(C)C)cc1. The van der Waals surface area contributed by atoms with Crippen molar-refractivity contribution in [1.82, 2.24) is 5.32 Å². The van der Waals surface area contributed by atoms with Gasteiger partial charge in [0, 0.05) is 12.6 Å². The summed E-state index contributed by atoms with van der Waals surface area (Å²) >= 11 is 0. The van der Waals surface area contributed by atoms with Crippen LogP contribution in [0.25, 0.3) is 0 Å². The molecule has 0 fully saturated rings. The van der Waals surface area contributed by atoms with Crippen LogP contribution in [0.1, 0.15) is 38.8 Å². The molecule has 0 heterocycles. The molecule has 0 amide bonds. The fraction of sp³-hybridized carbons (Fsp3) is 0.625. The smallest absolute Gasteiger partial charge is 0.119 e. The van der Waals surface area contributed by atoms with Gasteiger partial charge < -0.3 is 14.8 Å². The second-order valence-corrected chi connectivity index (χ2v) is 5.14. The normalized spacial score (nSPS) is 12.7. The van der Waals surface area contributed by atoms with Crippen molar-refractivity contribution in [2.75, 3.05) is 26.9 Å². The van der Waals surface area contributed by atoms with Gasteiger partial charge in [0.15, 0.2) is 0 Å². The number of rotatable bonds is 9. The maximum absolute atomic E-state index is 5.64. The molecule has 0 spiro atoms. The molecular formula is C16H27NO2. The average molecular weight is 265 g/mol. The zero-order chi connectivity index (χ0) is 14.1. The van der Waals surface area contributed by atoms with E-state index in [1.807, 2.05) is 19.2 Å². The van der Waals surface area contributed by atoms with Crippen LogP contribution in [0.3, 0.4) is 0 Å². The Morgan fingerprint density at radius 2 is 1.79 bits per heavy atom. The highest BCUT2D eigenvalue weighted by atomic mass is 16.5. The fourth-order valence-electron chi connectivity index (χ4n) is 1.94. The van der Waals surface area contributed by atoms with Gasteiger partial charge in [-0.1, -0.05) is 32.9 Å². The molecule has 0 aromatic heterocycles. The monoisotopic (exact) mass is 265 g/mol. The van der Waals surface area contributed by atoms with Crippen molar-refractivity contribution >= 4 is 0 Å². The quantitative estimate of drug-likeness (QED) is 0.694.